The van der Waals surface area contributed by atoms with E-state index in [1.807, 2.05) is 24.3 Å². The molecule has 128 valence electrons. The normalized spacial score (nSPS) is 10.9. The molecule has 0 unspecified atom stereocenters. The van der Waals surface area contributed by atoms with Crippen LogP contribution in [0, 0.1) is 0 Å². The predicted octanol–water partition coefficient (Wildman–Crippen LogP) is 3.73. The molecule has 3 rings (SSSR count). The average molecular weight is 333 g/mol. The van der Waals surface area contributed by atoms with E-state index in [2.05, 4.69) is 42.3 Å². The summed E-state index contributed by atoms with van der Waals surface area (Å²) in [5.74, 6) is 0.569. The molecule has 25 heavy (non-hydrogen) atoms. The summed E-state index contributed by atoms with van der Waals surface area (Å²) in [7, 11) is 0. The minimum atomic E-state index is -0.503. The number of primary amides is 1. The van der Waals surface area contributed by atoms with Gasteiger partial charge in [-0.2, -0.15) is 0 Å². The first-order valence-electron chi connectivity index (χ1n) is 8.62. The molecule has 0 bridgehead atoms. The van der Waals surface area contributed by atoms with Crippen LogP contribution >= 0.6 is 0 Å². The number of fused-ring (bicyclic) bond motifs is 1. The van der Waals surface area contributed by atoms with Crippen molar-refractivity contribution in [2.24, 2.45) is 5.73 Å². The summed E-state index contributed by atoms with van der Waals surface area (Å²) in [5, 5.41) is 0. The van der Waals surface area contributed by atoms with Crippen molar-refractivity contribution in [3.63, 3.8) is 0 Å². The lowest BCUT2D eigenvalue weighted by molar-refractivity contribution is -0.112. The molecule has 0 aliphatic heterocycles. The Balaban J connectivity index is 1.94. The van der Waals surface area contributed by atoms with Gasteiger partial charge in [0.25, 0.3) is 0 Å². The standard InChI is InChI=1S/C21H23N3O/c1-3-13-24-19-11-10-17(15(2)21(22)25)14-18(19)23-20(24)12-9-16-7-5-4-6-8-16/h4-8,10-11,14H,2-3,9,12-13H2,1H3,(H2,22,25). The molecule has 3 aromatic rings. The highest BCUT2D eigenvalue weighted by molar-refractivity contribution is 6.18. The maximum atomic E-state index is 11.4. The molecule has 1 heterocycles. The molecule has 1 amide bonds. The molecule has 0 fully saturated rings. The third kappa shape index (κ3) is 3.63. The Kier molecular flexibility index (Phi) is 4.98. The van der Waals surface area contributed by atoms with Gasteiger partial charge in [0.2, 0.25) is 5.91 Å². The zero-order valence-electron chi connectivity index (χ0n) is 14.5. The topological polar surface area (TPSA) is 60.9 Å². The third-order valence-corrected chi connectivity index (χ3v) is 4.40. The van der Waals surface area contributed by atoms with Crippen LogP contribution < -0.4 is 5.73 Å². The van der Waals surface area contributed by atoms with E-state index >= 15 is 0 Å². The first-order valence-corrected chi connectivity index (χ1v) is 8.62. The number of amides is 1. The number of nitrogens with zero attached hydrogens (tertiary/aromatic N) is 2. The van der Waals surface area contributed by atoms with Crippen LogP contribution in [-0.2, 0) is 24.2 Å². The van der Waals surface area contributed by atoms with Gasteiger partial charge in [0.05, 0.1) is 11.0 Å². The zero-order valence-corrected chi connectivity index (χ0v) is 14.5. The molecule has 1 aromatic heterocycles. The minimum Gasteiger partial charge on any atom is -0.366 e. The molecule has 0 spiro atoms. The van der Waals surface area contributed by atoms with Gasteiger partial charge in [-0.15, -0.1) is 0 Å². The van der Waals surface area contributed by atoms with Crippen molar-refractivity contribution in [3.8, 4) is 0 Å². The second-order valence-corrected chi connectivity index (χ2v) is 6.21. The van der Waals surface area contributed by atoms with Gasteiger partial charge in [-0.1, -0.05) is 49.9 Å². The Morgan fingerprint density at radius 3 is 2.60 bits per heavy atom. The van der Waals surface area contributed by atoms with Gasteiger partial charge in [0.15, 0.2) is 0 Å². The number of hydrogen-bond donors (Lipinski definition) is 1. The van der Waals surface area contributed by atoms with Crippen LogP contribution in [0.4, 0.5) is 0 Å². The van der Waals surface area contributed by atoms with Crippen molar-refractivity contribution in [1.82, 2.24) is 9.55 Å². The van der Waals surface area contributed by atoms with Crippen LogP contribution in [0.3, 0.4) is 0 Å². The van der Waals surface area contributed by atoms with Crippen LogP contribution in [-0.4, -0.2) is 15.5 Å². The van der Waals surface area contributed by atoms with Crippen molar-refractivity contribution in [2.75, 3.05) is 0 Å². The van der Waals surface area contributed by atoms with E-state index in [1.165, 1.54) is 5.56 Å². The number of carbonyl (C=O) groups is 1. The van der Waals surface area contributed by atoms with Crippen LogP contribution in [0.1, 0.15) is 30.3 Å². The van der Waals surface area contributed by atoms with Crippen molar-refractivity contribution in [1.29, 1.82) is 0 Å². The largest absolute Gasteiger partial charge is 0.366 e. The molecule has 0 atom stereocenters. The second-order valence-electron chi connectivity index (χ2n) is 6.21. The van der Waals surface area contributed by atoms with Gasteiger partial charge in [-0.05, 0) is 36.1 Å². The fraction of sp³-hybridized carbons (Fsp3) is 0.238. The first-order chi connectivity index (χ1) is 12.1. The van der Waals surface area contributed by atoms with Gasteiger partial charge in [0, 0.05) is 18.5 Å². The lowest BCUT2D eigenvalue weighted by Crippen LogP contribution is -2.11. The number of carbonyl (C=O) groups excluding carboxylic acids is 1. The van der Waals surface area contributed by atoms with Crippen LogP contribution in [0.5, 0.6) is 0 Å². The molecule has 0 aliphatic rings. The molecule has 0 radical (unpaired) electrons. The number of nitrogens with two attached hydrogens (primary N) is 1. The summed E-state index contributed by atoms with van der Waals surface area (Å²) in [6, 6.07) is 16.2. The maximum Gasteiger partial charge on any atom is 0.248 e. The first kappa shape index (κ1) is 17.0. The van der Waals surface area contributed by atoms with Crippen LogP contribution in [0.2, 0.25) is 0 Å². The number of aromatic nitrogens is 2. The summed E-state index contributed by atoms with van der Waals surface area (Å²) >= 11 is 0. The number of imidazole rings is 1. The fourth-order valence-electron chi connectivity index (χ4n) is 3.07. The average Bonchev–Trinajstić information content (AvgIpc) is 2.97. The Bertz CT molecular complexity index is 910. The maximum absolute atomic E-state index is 11.4. The van der Waals surface area contributed by atoms with E-state index in [-0.39, 0.29) is 0 Å². The van der Waals surface area contributed by atoms with Crippen molar-refractivity contribution < 1.29 is 4.79 Å². The number of benzene rings is 2. The highest BCUT2D eigenvalue weighted by atomic mass is 16.1. The molecular weight excluding hydrogens is 310 g/mol. The number of rotatable bonds is 7. The molecule has 0 saturated carbocycles. The Hall–Kier alpha value is -2.88. The summed E-state index contributed by atoms with van der Waals surface area (Å²) in [6.45, 7) is 6.85. The molecule has 2 N–H and O–H groups in total. The lowest BCUT2D eigenvalue weighted by atomic mass is 10.1. The smallest absolute Gasteiger partial charge is 0.248 e. The summed E-state index contributed by atoms with van der Waals surface area (Å²) in [6.07, 6.45) is 2.87. The highest BCUT2D eigenvalue weighted by Crippen LogP contribution is 2.23. The van der Waals surface area contributed by atoms with Crippen molar-refractivity contribution >= 4 is 22.5 Å². The molecule has 4 heteroatoms. The molecule has 2 aromatic carbocycles. The highest BCUT2D eigenvalue weighted by Gasteiger charge is 2.13. The second kappa shape index (κ2) is 7.34. The van der Waals surface area contributed by atoms with Gasteiger partial charge in [0.1, 0.15) is 5.82 Å². The number of hydrogen-bond acceptors (Lipinski definition) is 2. The summed E-state index contributed by atoms with van der Waals surface area (Å²) in [5.41, 5.74) is 9.67. The summed E-state index contributed by atoms with van der Waals surface area (Å²) in [4.78, 5) is 16.2. The molecular formula is C21H23N3O. The van der Waals surface area contributed by atoms with E-state index in [4.69, 9.17) is 10.7 Å². The number of aryl methyl sites for hydroxylation is 3. The van der Waals surface area contributed by atoms with Crippen molar-refractivity contribution in [3.05, 3.63) is 72.1 Å². The predicted molar refractivity (Wildman–Crippen MR) is 102 cm³/mol. The van der Waals surface area contributed by atoms with E-state index < -0.39 is 5.91 Å². The lowest BCUT2D eigenvalue weighted by Gasteiger charge is -2.08. The molecule has 4 nitrogen and oxygen atoms in total. The minimum absolute atomic E-state index is 0.317. The quantitative estimate of drug-likeness (QED) is 0.670. The van der Waals surface area contributed by atoms with E-state index in [9.17, 15) is 4.79 Å². The molecule has 0 saturated heterocycles. The monoisotopic (exact) mass is 333 g/mol. The van der Waals surface area contributed by atoms with Crippen molar-refractivity contribution in [2.45, 2.75) is 32.7 Å². The van der Waals surface area contributed by atoms with Gasteiger partial charge < -0.3 is 10.3 Å². The Morgan fingerprint density at radius 2 is 1.92 bits per heavy atom. The van der Waals surface area contributed by atoms with E-state index in [0.29, 0.717) is 5.57 Å². The molecule has 0 aliphatic carbocycles. The fourth-order valence-corrected chi connectivity index (χ4v) is 3.07. The Morgan fingerprint density at radius 1 is 1.16 bits per heavy atom. The third-order valence-electron chi connectivity index (χ3n) is 4.40. The Labute approximate surface area is 148 Å². The van der Waals surface area contributed by atoms with E-state index in [0.717, 1.165) is 48.2 Å². The van der Waals surface area contributed by atoms with Crippen LogP contribution in [0.15, 0.2) is 55.1 Å². The van der Waals surface area contributed by atoms with Gasteiger partial charge in [-0.25, -0.2) is 4.98 Å². The SMILES string of the molecule is C=C(C(N)=O)c1ccc2c(c1)nc(CCc1ccccc1)n2CCC. The van der Waals surface area contributed by atoms with Gasteiger partial charge >= 0.3 is 0 Å². The zero-order chi connectivity index (χ0) is 17.8. The van der Waals surface area contributed by atoms with Gasteiger partial charge in [-0.3, -0.25) is 4.79 Å². The van der Waals surface area contributed by atoms with E-state index in [1.54, 1.807) is 0 Å². The summed E-state index contributed by atoms with van der Waals surface area (Å²) < 4.78 is 2.27. The van der Waals surface area contributed by atoms with Crippen LogP contribution in [0.25, 0.3) is 16.6 Å².